The van der Waals surface area contributed by atoms with E-state index in [4.69, 9.17) is 5.73 Å². The van der Waals surface area contributed by atoms with Crippen molar-refractivity contribution in [3.05, 3.63) is 55.6 Å². The summed E-state index contributed by atoms with van der Waals surface area (Å²) in [4.78, 5) is 15.5. The molecule has 2 aromatic heterocycles. The smallest absolute Gasteiger partial charge is 0.218 e. The number of pyridine rings is 2. The molecule has 0 amide bonds. The lowest BCUT2D eigenvalue weighted by Crippen LogP contribution is -2.13. The van der Waals surface area contributed by atoms with E-state index < -0.39 is 0 Å². The Bertz CT molecular complexity index is 584. The molecule has 0 aliphatic rings. The number of halogens is 2. The lowest BCUT2D eigenvalue weighted by atomic mass is 10.3. The van der Waals surface area contributed by atoms with E-state index in [0.717, 1.165) is 10.0 Å². The summed E-state index contributed by atoms with van der Waals surface area (Å²) in [5.74, 6) is 0. The van der Waals surface area contributed by atoms with Crippen molar-refractivity contribution in [1.29, 1.82) is 0 Å². The number of hydrogen-bond acceptors (Lipinski definition) is 3. The Morgan fingerprint density at radius 1 is 1.29 bits per heavy atom. The Morgan fingerprint density at radius 2 is 2.06 bits per heavy atom. The molecule has 17 heavy (non-hydrogen) atoms. The fourth-order valence-electron chi connectivity index (χ4n) is 1.46. The molecule has 0 aromatic carbocycles. The summed E-state index contributed by atoms with van der Waals surface area (Å²) < 4.78 is 3.22. The summed E-state index contributed by atoms with van der Waals surface area (Å²) in [5, 5.41) is 0. The van der Waals surface area contributed by atoms with E-state index in [-0.39, 0.29) is 11.1 Å². The first-order valence-corrected chi connectivity index (χ1v) is 6.39. The number of hydrogen-bond donors (Lipinski definition) is 1. The van der Waals surface area contributed by atoms with Crippen molar-refractivity contribution >= 4 is 37.5 Å². The molecule has 0 unspecified atom stereocenters. The van der Waals surface area contributed by atoms with Crippen LogP contribution >= 0.6 is 31.9 Å². The van der Waals surface area contributed by atoms with Crippen molar-refractivity contribution in [3.63, 3.8) is 0 Å². The second-order valence-electron chi connectivity index (χ2n) is 3.57. The van der Waals surface area contributed by atoms with Crippen molar-refractivity contribution in [3.8, 4) is 0 Å². The van der Waals surface area contributed by atoms with Crippen molar-refractivity contribution in [2.75, 3.05) is 5.73 Å². The molecule has 2 aromatic rings. The predicted molar refractivity (Wildman–Crippen MR) is 73.9 cm³/mol. The van der Waals surface area contributed by atoms with E-state index >= 15 is 0 Å². The first-order chi connectivity index (χ1) is 8.06. The molecular formula is C11H9Br2N3O. The van der Waals surface area contributed by atoms with Crippen LogP contribution < -0.4 is 11.2 Å². The summed E-state index contributed by atoms with van der Waals surface area (Å²) in [5.41, 5.74) is 6.68. The van der Waals surface area contributed by atoms with E-state index in [1.807, 2.05) is 10.6 Å². The van der Waals surface area contributed by atoms with Crippen LogP contribution in [0, 0.1) is 0 Å². The first kappa shape index (κ1) is 12.3. The van der Waals surface area contributed by atoms with E-state index in [1.165, 1.54) is 0 Å². The minimum Gasteiger partial charge on any atom is -0.394 e. The molecule has 88 valence electrons. The van der Waals surface area contributed by atoms with Gasteiger partial charge in [0.2, 0.25) is 5.43 Å². The van der Waals surface area contributed by atoms with Crippen LogP contribution in [0.25, 0.3) is 0 Å². The zero-order valence-electron chi connectivity index (χ0n) is 8.73. The van der Waals surface area contributed by atoms with Gasteiger partial charge in [-0.05, 0) is 43.5 Å². The normalized spacial score (nSPS) is 10.5. The highest BCUT2D eigenvalue weighted by Crippen LogP contribution is 2.12. The summed E-state index contributed by atoms with van der Waals surface area (Å²) in [7, 11) is 0. The van der Waals surface area contributed by atoms with Crippen LogP contribution in [0.3, 0.4) is 0 Å². The molecular weight excluding hydrogens is 350 g/mol. The standard InChI is InChI=1S/C11H9Br2N3O/c12-8-1-7(2-15-3-8)4-16-5-9(13)11(17)10(14)6-16/h1-3,5-6H,4,14H2. The second kappa shape index (κ2) is 5.01. The van der Waals surface area contributed by atoms with Gasteiger partial charge in [0.15, 0.2) is 0 Å². The molecule has 4 nitrogen and oxygen atoms in total. The van der Waals surface area contributed by atoms with Gasteiger partial charge in [-0.3, -0.25) is 9.78 Å². The van der Waals surface area contributed by atoms with Crippen molar-refractivity contribution in [2.45, 2.75) is 6.54 Å². The molecule has 0 radical (unpaired) electrons. The Balaban J connectivity index is 2.34. The van der Waals surface area contributed by atoms with Gasteiger partial charge in [0.1, 0.15) is 0 Å². The molecule has 2 heterocycles. The van der Waals surface area contributed by atoms with Crippen molar-refractivity contribution in [2.24, 2.45) is 0 Å². The van der Waals surface area contributed by atoms with Gasteiger partial charge < -0.3 is 10.3 Å². The molecule has 0 saturated heterocycles. The minimum atomic E-state index is -0.186. The van der Waals surface area contributed by atoms with Gasteiger partial charge >= 0.3 is 0 Å². The zero-order valence-corrected chi connectivity index (χ0v) is 11.9. The maximum Gasteiger partial charge on any atom is 0.218 e. The first-order valence-electron chi connectivity index (χ1n) is 4.81. The van der Waals surface area contributed by atoms with Gasteiger partial charge in [-0.1, -0.05) is 0 Å². The van der Waals surface area contributed by atoms with E-state index in [9.17, 15) is 4.79 Å². The van der Waals surface area contributed by atoms with Crippen LogP contribution in [0.5, 0.6) is 0 Å². The van der Waals surface area contributed by atoms with E-state index in [0.29, 0.717) is 11.0 Å². The highest BCUT2D eigenvalue weighted by Gasteiger charge is 2.03. The van der Waals surface area contributed by atoms with Crippen molar-refractivity contribution < 1.29 is 0 Å². The molecule has 0 bridgehead atoms. The number of anilines is 1. The van der Waals surface area contributed by atoms with Gasteiger partial charge in [0.05, 0.1) is 10.2 Å². The van der Waals surface area contributed by atoms with Gasteiger partial charge in [-0.25, -0.2) is 0 Å². The Kier molecular flexibility index (Phi) is 3.63. The van der Waals surface area contributed by atoms with Crippen LogP contribution in [0.4, 0.5) is 5.69 Å². The number of nitrogens with zero attached hydrogens (tertiary/aromatic N) is 2. The second-order valence-corrected chi connectivity index (χ2v) is 5.34. The van der Waals surface area contributed by atoms with Crippen LogP contribution in [-0.2, 0) is 6.54 Å². The van der Waals surface area contributed by atoms with E-state index in [1.54, 1.807) is 24.8 Å². The third-order valence-electron chi connectivity index (χ3n) is 2.19. The Morgan fingerprint density at radius 3 is 2.71 bits per heavy atom. The highest BCUT2D eigenvalue weighted by molar-refractivity contribution is 9.10. The lowest BCUT2D eigenvalue weighted by Gasteiger charge is -2.08. The average Bonchev–Trinajstić information content (AvgIpc) is 2.26. The summed E-state index contributed by atoms with van der Waals surface area (Å²) in [6, 6.07) is 1.97. The molecule has 2 rings (SSSR count). The van der Waals surface area contributed by atoms with Gasteiger partial charge in [-0.2, -0.15) is 0 Å². The third-order valence-corrected chi connectivity index (χ3v) is 3.19. The number of aromatic nitrogens is 2. The quantitative estimate of drug-likeness (QED) is 0.896. The topological polar surface area (TPSA) is 60.9 Å². The molecule has 0 fully saturated rings. The van der Waals surface area contributed by atoms with Crippen LogP contribution in [-0.4, -0.2) is 9.55 Å². The summed E-state index contributed by atoms with van der Waals surface area (Å²) >= 11 is 6.55. The molecule has 0 saturated carbocycles. The summed E-state index contributed by atoms with van der Waals surface area (Å²) in [6.45, 7) is 0.607. The summed E-state index contributed by atoms with van der Waals surface area (Å²) in [6.07, 6.45) is 6.82. The number of nitrogens with two attached hydrogens (primary N) is 1. The molecule has 0 aliphatic heterocycles. The monoisotopic (exact) mass is 357 g/mol. The predicted octanol–water partition coefficient (Wildman–Crippen LogP) is 2.40. The fraction of sp³-hybridized carbons (Fsp3) is 0.0909. The maximum absolute atomic E-state index is 11.4. The van der Waals surface area contributed by atoms with Gasteiger partial charge in [-0.15, -0.1) is 0 Å². The Hall–Kier alpha value is -1.14. The maximum atomic E-state index is 11.4. The zero-order chi connectivity index (χ0) is 12.4. The van der Waals surface area contributed by atoms with Crippen LogP contribution in [0.2, 0.25) is 0 Å². The van der Waals surface area contributed by atoms with Gasteiger partial charge in [0, 0.05) is 35.8 Å². The number of nitrogen functional groups attached to an aromatic ring is 1. The van der Waals surface area contributed by atoms with Crippen molar-refractivity contribution in [1.82, 2.24) is 9.55 Å². The highest BCUT2D eigenvalue weighted by atomic mass is 79.9. The molecule has 6 heteroatoms. The Labute approximate surface area is 115 Å². The average molecular weight is 359 g/mol. The largest absolute Gasteiger partial charge is 0.394 e. The van der Waals surface area contributed by atoms with E-state index in [2.05, 4.69) is 36.8 Å². The van der Waals surface area contributed by atoms with Gasteiger partial charge in [0.25, 0.3) is 0 Å². The van der Waals surface area contributed by atoms with Crippen LogP contribution in [0.1, 0.15) is 5.56 Å². The molecule has 2 N–H and O–H groups in total. The molecule has 0 spiro atoms. The van der Waals surface area contributed by atoms with Crippen LogP contribution in [0.15, 0.2) is 44.6 Å². The lowest BCUT2D eigenvalue weighted by molar-refractivity contribution is 0.783. The minimum absolute atomic E-state index is 0.186. The fourth-order valence-corrected chi connectivity index (χ4v) is 2.37. The molecule has 0 aliphatic carbocycles. The SMILES string of the molecule is Nc1cn(Cc2cncc(Br)c2)cc(Br)c1=O. The number of rotatable bonds is 2. The molecule has 0 atom stereocenters. The third kappa shape index (κ3) is 2.95.